The van der Waals surface area contributed by atoms with E-state index in [0.717, 1.165) is 12.2 Å². The Labute approximate surface area is 147 Å². The zero-order valence-corrected chi connectivity index (χ0v) is 15.0. The monoisotopic (exact) mass is 344 g/mol. The first kappa shape index (κ1) is 17.0. The van der Waals surface area contributed by atoms with Gasteiger partial charge in [0.2, 0.25) is 5.91 Å². The van der Waals surface area contributed by atoms with Gasteiger partial charge in [-0.1, -0.05) is 30.3 Å². The zero-order valence-electron chi connectivity index (χ0n) is 14.2. The highest BCUT2D eigenvalue weighted by Crippen LogP contribution is 2.21. The lowest BCUT2D eigenvalue weighted by Gasteiger charge is -2.22. The second-order valence-electron chi connectivity index (χ2n) is 6.25. The lowest BCUT2D eigenvalue weighted by Crippen LogP contribution is -2.38. The summed E-state index contributed by atoms with van der Waals surface area (Å²) in [6.07, 6.45) is 3.07. The minimum absolute atomic E-state index is 0.00739. The number of hydrogen-bond acceptors (Lipinski definition) is 4. The maximum atomic E-state index is 12.2. The normalized spacial score (nSPS) is 18.7. The average Bonchev–Trinajstić information content (AvgIpc) is 3.26. The minimum atomic E-state index is -0.00739. The van der Waals surface area contributed by atoms with Gasteiger partial charge in [-0.25, -0.2) is 0 Å². The van der Waals surface area contributed by atoms with Crippen LogP contribution in [-0.2, 0) is 4.79 Å². The van der Waals surface area contributed by atoms with Crippen molar-refractivity contribution in [3.63, 3.8) is 0 Å². The number of carbonyl (C=O) groups excluding carboxylic acids is 1. The van der Waals surface area contributed by atoms with Crippen LogP contribution in [0.2, 0.25) is 0 Å². The molecule has 1 fully saturated rings. The summed E-state index contributed by atoms with van der Waals surface area (Å²) in [5.41, 5.74) is 1.19. The van der Waals surface area contributed by atoms with Crippen LogP contribution < -0.4 is 5.32 Å². The van der Waals surface area contributed by atoms with Gasteiger partial charge in [0.1, 0.15) is 0 Å². The predicted octanol–water partition coefficient (Wildman–Crippen LogP) is 2.87. The topological polar surface area (TPSA) is 50.2 Å². The van der Waals surface area contributed by atoms with Crippen molar-refractivity contribution in [3.8, 4) is 0 Å². The Morgan fingerprint density at radius 2 is 2.21 bits per heavy atom. The number of hydrogen-bond donors (Lipinski definition) is 1. The van der Waals surface area contributed by atoms with Gasteiger partial charge in [-0.2, -0.15) is 16.9 Å². The van der Waals surface area contributed by atoms with Gasteiger partial charge in [-0.3, -0.25) is 14.4 Å². The summed E-state index contributed by atoms with van der Waals surface area (Å²) in [5.74, 6) is 2.91. The number of thioether (sulfide) groups is 1. The zero-order chi connectivity index (χ0) is 16.9. The third kappa shape index (κ3) is 4.19. The molecule has 128 valence electrons. The van der Waals surface area contributed by atoms with E-state index in [4.69, 9.17) is 0 Å². The van der Waals surface area contributed by atoms with Crippen molar-refractivity contribution in [1.29, 1.82) is 0 Å². The molecule has 6 heteroatoms. The van der Waals surface area contributed by atoms with Gasteiger partial charge < -0.3 is 5.32 Å². The number of benzene rings is 1. The number of likely N-dealkylation sites (N-methyl/N-ethyl adjacent to an activating group) is 1. The number of anilines is 1. The molecule has 2 atom stereocenters. The van der Waals surface area contributed by atoms with Gasteiger partial charge in [0.15, 0.2) is 5.82 Å². The van der Waals surface area contributed by atoms with Crippen LogP contribution in [0.3, 0.4) is 0 Å². The molecule has 1 aliphatic rings. The summed E-state index contributed by atoms with van der Waals surface area (Å²) in [6, 6.07) is 12.7. The number of nitrogens with zero attached hydrogens (tertiary/aromatic N) is 3. The molecule has 1 aromatic carbocycles. The maximum Gasteiger partial charge on any atom is 0.239 e. The van der Waals surface area contributed by atoms with E-state index in [0.29, 0.717) is 18.4 Å². The Hall–Kier alpha value is -1.79. The Bertz CT molecular complexity index is 667. The largest absolute Gasteiger partial charge is 0.308 e. The number of carbonyl (C=O) groups is 1. The molecule has 1 aromatic heterocycles. The van der Waals surface area contributed by atoms with E-state index in [1.165, 1.54) is 11.3 Å². The smallest absolute Gasteiger partial charge is 0.239 e. The molecule has 0 saturated carbocycles. The van der Waals surface area contributed by atoms with Crippen LogP contribution in [0, 0.1) is 0 Å². The fourth-order valence-electron chi connectivity index (χ4n) is 2.91. The third-order valence-electron chi connectivity index (χ3n) is 4.48. The van der Waals surface area contributed by atoms with Crippen molar-refractivity contribution in [1.82, 2.24) is 14.7 Å². The van der Waals surface area contributed by atoms with Crippen molar-refractivity contribution in [3.05, 3.63) is 48.2 Å². The van der Waals surface area contributed by atoms with Crippen molar-refractivity contribution >= 4 is 23.5 Å². The van der Waals surface area contributed by atoms with E-state index in [2.05, 4.69) is 34.4 Å². The van der Waals surface area contributed by atoms with Crippen molar-refractivity contribution < 1.29 is 4.79 Å². The fourth-order valence-corrected chi connectivity index (χ4v) is 4.21. The molecule has 5 nitrogen and oxygen atoms in total. The molecule has 1 aliphatic heterocycles. The van der Waals surface area contributed by atoms with Gasteiger partial charge in [0.05, 0.1) is 12.6 Å². The highest BCUT2D eigenvalue weighted by Gasteiger charge is 2.21. The van der Waals surface area contributed by atoms with Gasteiger partial charge in [-0.05, 0) is 31.7 Å². The molecule has 1 saturated heterocycles. The Kier molecular flexibility index (Phi) is 5.58. The molecule has 3 rings (SSSR count). The molecule has 0 aliphatic carbocycles. The molecule has 2 heterocycles. The first-order valence-corrected chi connectivity index (χ1v) is 9.47. The first-order valence-electron chi connectivity index (χ1n) is 8.31. The molecule has 0 radical (unpaired) electrons. The van der Waals surface area contributed by atoms with Gasteiger partial charge in [0, 0.05) is 24.1 Å². The number of nitrogens with one attached hydrogen (secondary N) is 1. The summed E-state index contributed by atoms with van der Waals surface area (Å²) >= 11 is 1.96. The van der Waals surface area contributed by atoms with Crippen LogP contribution in [0.4, 0.5) is 5.82 Å². The number of aromatic nitrogens is 2. The number of rotatable bonds is 6. The van der Waals surface area contributed by atoms with E-state index < -0.39 is 0 Å². The summed E-state index contributed by atoms with van der Waals surface area (Å²) in [4.78, 5) is 14.4. The Balaban J connectivity index is 1.56. The van der Waals surface area contributed by atoms with Crippen LogP contribution in [0.25, 0.3) is 0 Å². The standard InChI is InChI=1S/C18H24N4OS/c1-14(15-6-4-3-5-7-15)22-10-8-17(20-22)19-18(23)12-21(2)16-9-11-24-13-16/h3-8,10,14,16H,9,11-13H2,1-2H3,(H,19,20,23)/t14-,16-/m0/s1. The summed E-state index contributed by atoms with van der Waals surface area (Å²) in [7, 11) is 2.02. The molecular weight excluding hydrogens is 320 g/mol. The van der Waals surface area contributed by atoms with Gasteiger partial charge in [-0.15, -0.1) is 0 Å². The molecule has 0 bridgehead atoms. The molecule has 2 aromatic rings. The lowest BCUT2D eigenvalue weighted by atomic mass is 10.1. The van der Waals surface area contributed by atoms with E-state index in [9.17, 15) is 4.79 Å². The molecule has 1 N–H and O–H groups in total. The average molecular weight is 344 g/mol. The quantitative estimate of drug-likeness (QED) is 0.875. The van der Waals surface area contributed by atoms with Crippen LogP contribution in [0.1, 0.15) is 24.9 Å². The van der Waals surface area contributed by atoms with Crippen LogP contribution in [0.5, 0.6) is 0 Å². The Morgan fingerprint density at radius 1 is 1.42 bits per heavy atom. The van der Waals surface area contributed by atoms with Crippen molar-refractivity contribution in [2.24, 2.45) is 0 Å². The maximum absolute atomic E-state index is 12.2. The van der Waals surface area contributed by atoms with Crippen LogP contribution in [-0.4, -0.2) is 51.7 Å². The lowest BCUT2D eigenvalue weighted by molar-refractivity contribution is -0.117. The summed E-state index contributed by atoms with van der Waals surface area (Å²) in [6.45, 7) is 2.51. The second-order valence-corrected chi connectivity index (χ2v) is 7.40. The highest BCUT2D eigenvalue weighted by molar-refractivity contribution is 7.99. The fraction of sp³-hybridized carbons (Fsp3) is 0.444. The summed E-state index contributed by atoms with van der Waals surface area (Å²) in [5, 5.41) is 7.40. The van der Waals surface area contributed by atoms with E-state index in [1.54, 1.807) is 0 Å². The molecule has 24 heavy (non-hydrogen) atoms. The molecule has 0 spiro atoms. The van der Waals surface area contributed by atoms with Gasteiger partial charge >= 0.3 is 0 Å². The van der Waals surface area contributed by atoms with Gasteiger partial charge in [0.25, 0.3) is 0 Å². The minimum Gasteiger partial charge on any atom is -0.308 e. The van der Waals surface area contributed by atoms with E-state index >= 15 is 0 Å². The van der Waals surface area contributed by atoms with Crippen molar-refractivity contribution in [2.75, 3.05) is 30.4 Å². The predicted molar refractivity (Wildman–Crippen MR) is 99.5 cm³/mol. The molecule has 1 amide bonds. The highest BCUT2D eigenvalue weighted by atomic mass is 32.2. The third-order valence-corrected chi connectivity index (χ3v) is 5.62. The Morgan fingerprint density at radius 3 is 2.92 bits per heavy atom. The van der Waals surface area contributed by atoms with E-state index in [1.807, 2.05) is 54.0 Å². The van der Waals surface area contributed by atoms with Crippen LogP contribution in [0.15, 0.2) is 42.6 Å². The number of amides is 1. The SMILES string of the molecule is C[C@@H](c1ccccc1)n1ccc(NC(=O)CN(C)[C@H]2CCSC2)n1. The van der Waals surface area contributed by atoms with Crippen molar-refractivity contribution in [2.45, 2.75) is 25.4 Å². The second kappa shape index (κ2) is 7.85. The molecular formula is C18H24N4OS. The first-order chi connectivity index (χ1) is 11.6. The summed E-state index contributed by atoms with van der Waals surface area (Å²) < 4.78 is 1.88. The molecule has 0 unspecified atom stereocenters. The van der Waals surface area contributed by atoms with Crippen LogP contribution >= 0.6 is 11.8 Å². The van der Waals surface area contributed by atoms with E-state index in [-0.39, 0.29) is 11.9 Å².